The maximum Gasteiger partial charge on any atom is 0.224 e. The molecule has 0 aromatic carbocycles. The Labute approximate surface area is 112 Å². The maximum absolute atomic E-state index is 8.67. The Balaban J connectivity index is 2.91. The molecule has 7 heteroatoms. The summed E-state index contributed by atoms with van der Waals surface area (Å²) in [7, 11) is 3.37. The van der Waals surface area contributed by atoms with Crippen molar-refractivity contribution in [3.05, 3.63) is 11.2 Å². The van der Waals surface area contributed by atoms with Gasteiger partial charge in [-0.1, -0.05) is 11.6 Å². The first-order valence-corrected chi connectivity index (χ1v) is 5.91. The van der Waals surface area contributed by atoms with Crippen LogP contribution in [0.2, 0.25) is 5.02 Å². The van der Waals surface area contributed by atoms with Gasteiger partial charge in [-0.15, -0.1) is 0 Å². The monoisotopic (exact) mass is 269 g/mol. The molecule has 0 unspecified atom stereocenters. The van der Waals surface area contributed by atoms with Gasteiger partial charge in [-0.25, -0.2) is 4.98 Å². The zero-order chi connectivity index (χ0) is 13.4. The van der Waals surface area contributed by atoms with Crippen LogP contribution >= 0.6 is 11.6 Å². The van der Waals surface area contributed by atoms with Crippen LogP contribution in [0.25, 0.3) is 0 Å². The van der Waals surface area contributed by atoms with Crippen LogP contribution in [0, 0.1) is 11.3 Å². The van der Waals surface area contributed by atoms with Gasteiger partial charge < -0.3 is 15.0 Å². The third-order valence-corrected chi connectivity index (χ3v) is 2.57. The fourth-order valence-corrected chi connectivity index (χ4v) is 1.62. The Morgan fingerprint density at radius 3 is 2.94 bits per heavy atom. The van der Waals surface area contributed by atoms with Gasteiger partial charge in [-0.2, -0.15) is 10.2 Å². The van der Waals surface area contributed by atoms with Crippen LogP contribution in [0.4, 0.5) is 11.8 Å². The number of aromatic nitrogens is 2. The summed E-state index contributed by atoms with van der Waals surface area (Å²) in [6.07, 6.45) is 1.95. The molecule has 0 amide bonds. The van der Waals surface area contributed by atoms with Gasteiger partial charge in [0.1, 0.15) is 5.02 Å². The molecule has 1 aromatic rings. The number of ether oxygens (including phenoxy) is 1. The highest BCUT2D eigenvalue weighted by Gasteiger charge is 2.13. The van der Waals surface area contributed by atoms with E-state index in [1.165, 1.54) is 0 Å². The molecule has 0 aliphatic rings. The van der Waals surface area contributed by atoms with E-state index >= 15 is 0 Å². The van der Waals surface area contributed by atoms with Gasteiger partial charge in [0.25, 0.3) is 0 Å². The smallest absolute Gasteiger partial charge is 0.224 e. The molecule has 1 aromatic heterocycles. The zero-order valence-electron chi connectivity index (χ0n) is 10.5. The van der Waals surface area contributed by atoms with Crippen molar-refractivity contribution in [3.8, 4) is 6.07 Å². The molecule has 0 saturated carbocycles. The second-order valence-electron chi connectivity index (χ2n) is 3.50. The normalized spacial score (nSPS) is 9.89. The minimum atomic E-state index is 0.402. The second kappa shape index (κ2) is 7.69. The number of anilines is 2. The Morgan fingerprint density at radius 1 is 1.56 bits per heavy atom. The molecular formula is C11H16ClN5O. The summed E-state index contributed by atoms with van der Waals surface area (Å²) in [5.41, 5.74) is 0. The molecule has 0 atom stereocenters. The van der Waals surface area contributed by atoms with E-state index in [1.807, 2.05) is 4.90 Å². The standard InChI is InChI=1S/C11H16ClN5O/c1-14-11-15-8-9(12)10(16-11)17(5-3-4-13)6-7-18-2/h8H,3,5-7H2,1-2H3,(H,14,15,16). The number of methoxy groups -OCH3 is 1. The van der Waals surface area contributed by atoms with E-state index in [2.05, 4.69) is 21.4 Å². The minimum Gasteiger partial charge on any atom is -0.383 e. The lowest BCUT2D eigenvalue weighted by atomic mass is 10.3. The van der Waals surface area contributed by atoms with Gasteiger partial charge in [0.05, 0.1) is 25.3 Å². The quantitative estimate of drug-likeness (QED) is 0.809. The summed E-state index contributed by atoms with van der Waals surface area (Å²) in [4.78, 5) is 10.2. The number of nitriles is 1. The first-order chi connectivity index (χ1) is 8.72. The average Bonchev–Trinajstić information content (AvgIpc) is 2.40. The van der Waals surface area contributed by atoms with Crippen molar-refractivity contribution in [2.45, 2.75) is 6.42 Å². The Morgan fingerprint density at radius 2 is 2.33 bits per heavy atom. The molecule has 0 aliphatic heterocycles. The third kappa shape index (κ3) is 4.02. The molecular weight excluding hydrogens is 254 g/mol. The van der Waals surface area contributed by atoms with Crippen molar-refractivity contribution in [3.63, 3.8) is 0 Å². The molecule has 0 aliphatic carbocycles. The van der Waals surface area contributed by atoms with Gasteiger partial charge >= 0.3 is 0 Å². The van der Waals surface area contributed by atoms with E-state index in [-0.39, 0.29) is 0 Å². The van der Waals surface area contributed by atoms with Crippen LogP contribution in [0.3, 0.4) is 0 Å². The minimum absolute atomic E-state index is 0.402. The van der Waals surface area contributed by atoms with E-state index in [4.69, 9.17) is 21.6 Å². The highest BCUT2D eigenvalue weighted by molar-refractivity contribution is 6.32. The molecule has 1 heterocycles. The fourth-order valence-electron chi connectivity index (χ4n) is 1.41. The summed E-state index contributed by atoms with van der Waals surface area (Å²) in [5.74, 6) is 1.11. The van der Waals surface area contributed by atoms with Crippen LogP contribution in [-0.2, 0) is 4.74 Å². The van der Waals surface area contributed by atoms with Crippen LogP contribution < -0.4 is 10.2 Å². The predicted octanol–water partition coefficient (Wildman–Crippen LogP) is 1.54. The first-order valence-electron chi connectivity index (χ1n) is 5.54. The largest absolute Gasteiger partial charge is 0.383 e. The number of rotatable bonds is 7. The lowest BCUT2D eigenvalue weighted by Crippen LogP contribution is -2.29. The van der Waals surface area contributed by atoms with Gasteiger partial charge in [-0.05, 0) is 0 Å². The Hall–Kier alpha value is -1.58. The zero-order valence-corrected chi connectivity index (χ0v) is 11.2. The highest BCUT2D eigenvalue weighted by atomic mass is 35.5. The third-order valence-electron chi connectivity index (χ3n) is 2.31. The van der Waals surface area contributed by atoms with Gasteiger partial charge in [0, 0.05) is 27.2 Å². The molecule has 0 fully saturated rings. The molecule has 0 saturated heterocycles. The van der Waals surface area contributed by atoms with Crippen LogP contribution in [-0.4, -0.2) is 43.8 Å². The van der Waals surface area contributed by atoms with E-state index in [9.17, 15) is 0 Å². The van der Waals surface area contributed by atoms with Crippen molar-refractivity contribution < 1.29 is 4.74 Å². The maximum atomic E-state index is 8.67. The predicted molar refractivity (Wildman–Crippen MR) is 70.9 cm³/mol. The van der Waals surface area contributed by atoms with Crippen molar-refractivity contribution in [2.24, 2.45) is 0 Å². The second-order valence-corrected chi connectivity index (χ2v) is 3.91. The summed E-state index contributed by atoms with van der Waals surface area (Å²) in [6.45, 7) is 1.72. The molecule has 0 radical (unpaired) electrons. The average molecular weight is 270 g/mol. The van der Waals surface area contributed by atoms with Gasteiger partial charge in [0.15, 0.2) is 5.82 Å². The Kier molecular flexibility index (Phi) is 6.19. The Bertz CT molecular complexity index is 420. The van der Waals surface area contributed by atoms with Crippen molar-refractivity contribution in [1.82, 2.24) is 9.97 Å². The van der Waals surface area contributed by atoms with Crippen LogP contribution in [0.15, 0.2) is 6.20 Å². The molecule has 0 spiro atoms. The molecule has 1 N–H and O–H groups in total. The summed E-state index contributed by atoms with van der Waals surface area (Å²) in [6, 6.07) is 2.11. The first kappa shape index (κ1) is 14.5. The lowest BCUT2D eigenvalue weighted by molar-refractivity contribution is 0.205. The van der Waals surface area contributed by atoms with Crippen molar-refractivity contribution >= 4 is 23.4 Å². The fraction of sp³-hybridized carbons (Fsp3) is 0.545. The van der Waals surface area contributed by atoms with Gasteiger partial charge in [0.2, 0.25) is 5.95 Å². The topological polar surface area (TPSA) is 74.1 Å². The molecule has 1 rings (SSSR count). The molecule has 6 nitrogen and oxygen atoms in total. The molecule has 98 valence electrons. The number of nitrogens with one attached hydrogen (secondary N) is 1. The van der Waals surface area contributed by atoms with Crippen LogP contribution in [0.1, 0.15) is 6.42 Å². The number of hydrogen-bond acceptors (Lipinski definition) is 6. The summed E-state index contributed by atoms with van der Waals surface area (Å²) < 4.78 is 5.04. The van der Waals surface area contributed by atoms with Gasteiger partial charge in [-0.3, -0.25) is 0 Å². The summed E-state index contributed by atoms with van der Waals surface area (Å²) in [5, 5.41) is 12.0. The van der Waals surface area contributed by atoms with Crippen molar-refractivity contribution in [2.75, 3.05) is 44.1 Å². The molecule has 0 bridgehead atoms. The lowest BCUT2D eigenvalue weighted by Gasteiger charge is -2.23. The molecule has 18 heavy (non-hydrogen) atoms. The number of nitrogens with zero attached hydrogens (tertiary/aromatic N) is 4. The van der Waals surface area contributed by atoms with E-state index in [0.29, 0.717) is 42.9 Å². The van der Waals surface area contributed by atoms with E-state index in [0.717, 1.165) is 0 Å². The highest BCUT2D eigenvalue weighted by Crippen LogP contribution is 2.23. The number of halogens is 1. The van der Waals surface area contributed by atoms with E-state index in [1.54, 1.807) is 20.4 Å². The van der Waals surface area contributed by atoms with E-state index < -0.39 is 0 Å². The van der Waals surface area contributed by atoms with Crippen LogP contribution in [0.5, 0.6) is 0 Å². The number of hydrogen-bond donors (Lipinski definition) is 1. The van der Waals surface area contributed by atoms with Crippen molar-refractivity contribution in [1.29, 1.82) is 5.26 Å². The summed E-state index contributed by atoms with van der Waals surface area (Å²) >= 11 is 6.09. The SMILES string of the molecule is CNc1ncc(Cl)c(N(CCC#N)CCOC)n1.